The van der Waals surface area contributed by atoms with Crippen molar-refractivity contribution < 1.29 is 27.5 Å². The van der Waals surface area contributed by atoms with Crippen molar-refractivity contribution in [2.24, 2.45) is 5.92 Å². The van der Waals surface area contributed by atoms with E-state index in [1.54, 1.807) is 17.0 Å². The Bertz CT molecular complexity index is 1620. The average molecular weight is 628 g/mol. The molecule has 0 saturated carbocycles. The van der Waals surface area contributed by atoms with Gasteiger partial charge in [0.05, 0.1) is 30.3 Å². The molecule has 1 saturated heterocycles. The van der Waals surface area contributed by atoms with Gasteiger partial charge in [-0.25, -0.2) is 13.2 Å². The fraction of sp³-hybridized carbons (Fsp3) is 0.500. The largest absolute Gasteiger partial charge is 0.492 e. The molecule has 12 heteroatoms. The molecular formula is C32H45N5O6S. The van der Waals surface area contributed by atoms with E-state index in [2.05, 4.69) is 40.7 Å². The van der Waals surface area contributed by atoms with Gasteiger partial charge in [0.25, 0.3) is 5.91 Å². The Morgan fingerprint density at radius 3 is 2.27 bits per heavy atom. The van der Waals surface area contributed by atoms with Gasteiger partial charge in [-0.05, 0) is 69.4 Å². The third-order valence-corrected chi connectivity index (χ3v) is 8.03. The Morgan fingerprint density at radius 1 is 1.02 bits per heavy atom. The van der Waals surface area contributed by atoms with Crippen LogP contribution in [0, 0.1) is 5.92 Å². The molecule has 0 bridgehead atoms. The van der Waals surface area contributed by atoms with E-state index in [1.165, 1.54) is 7.11 Å². The number of anilines is 2. The smallest absolute Gasteiger partial charge is 0.410 e. The summed E-state index contributed by atoms with van der Waals surface area (Å²) in [5.41, 5.74) is 3.24. The normalized spacial score (nSPS) is 15.3. The summed E-state index contributed by atoms with van der Waals surface area (Å²) in [4.78, 5) is 33.5. The molecule has 0 radical (unpaired) electrons. The average Bonchev–Trinajstić information content (AvgIpc) is 3.35. The number of fused-ring (bicyclic) bond motifs is 1. The van der Waals surface area contributed by atoms with Crippen molar-refractivity contribution in [2.45, 2.75) is 59.6 Å². The van der Waals surface area contributed by atoms with Gasteiger partial charge in [-0.1, -0.05) is 32.0 Å². The first kappa shape index (κ1) is 33.1. The van der Waals surface area contributed by atoms with Crippen LogP contribution in [0.5, 0.6) is 5.75 Å². The first-order valence-electron chi connectivity index (χ1n) is 14.9. The monoisotopic (exact) mass is 627 g/mol. The zero-order chi connectivity index (χ0) is 32.4. The van der Waals surface area contributed by atoms with Gasteiger partial charge in [-0.3, -0.25) is 14.4 Å². The quantitative estimate of drug-likeness (QED) is 0.281. The number of sulfonamides is 1. The Labute approximate surface area is 260 Å². The predicted molar refractivity (Wildman–Crippen MR) is 174 cm³/mol. The number of piperazine rings is 1. The highest BCUT2D eigenvalue weighted by atomic mass is 32.2. The third kappa shape index (κ3) is 8.23. The number of rotatable bonds is 9. The van der Waals surface area contributed by atoms with Crippen LogP contribution in [0.15, 0.2) is 36.4 Å². The number of methoxy groups -OCH3 is 1. The second-order valence-electron chi connectivity index (χ2n) is 12.8. The van der Waals surface area contributed by atoms with E-state index in [1.807, 2.05) is 45.0 Å². The van der Waals surface area contributed by atoms with Gasteiger partial charge in [0.1, 0.15) is 11.3 Å². The fourth-order valence-corrected chi connectivity index (χ4v) is 6.07. The molecular weight excluding hydrogens is 582 g/mol. The molecule has 44 heavy (non-hydrogen) atoms. The molecule has 1 aliphatic heterocycles. The van der Waals surface area contributed by atoms with Crippen molar-refractivity contribution in [3.63, 3.8) is 0 Å². The van der Waals surface area contributed by atoms with Gasteiger partial charge in [0.2, 0.25) is 10.0 Å². The topological polar surface area (TPSA) is 133 Å². The van der Waals surface area contributed by atoms with Gasteiger partial charge in [-0.2, -0.15) is 0 Å². The van der Waals surface area contributed by atoms with E-state index < -0.39 is 15.6 Å². The summed E-state index contributed by atoms with van der Waals surface area (Å²) in [6.45, 7) is 14.4. The van der Waals surface area contributed by atoms with E-state index >= 15 is 0 Å². The van der Waals surface area contributed by atoms with E-state index in [0.717, 1.165) is 28.3 Å². The van der Waals surface area contributed by atoms with E-state index in [0.29, 0.717) is 49.9 Å². The van der Waals surface area contributed by atoms with Crippen molar-refractivity contribution in [3.8, 4) is 5.75 Å². The van der Waals surface area contributed by atoms with E-state index in [4.69, 9.17) is 9.47 Å². The molecule has 11 nitrogen and oxygen atoms in total. The van der Waals surface area contributed by atoms with E-state index in [-0.39, 0.29) is 29.5 Å². The molecule has 1 aromatic heterocycles. The first-order chi connectivity index (χ1) is 20.5. The summed E-state index contributed by atoms with van der Waals surface area (Å²) in [6, 6.07) is 11.4. The Kier molecular flexibility index (Phi) is 9.84. The molecule has 1 atom stereocenters. The molecule has 240 valence electrons. The van der Waals surface area contributed by atoms with Gasteiger partial charge in [0.15, 0.2) is 5.75 Å². The van der Waals surface area contributed by atoms with Crippen molar-refractivity contribution in [2.75, 3.05) is 49.6 Å². The zero-order valence-electron chi connectivity index (χ0n) is 26.9. The number of H-pyrrole nitrogens is 1. The number of carbonyl (C=O) groups is 2. The highest BCUT2D eigenvalue weighted by Gasteiger charge is 2.29. The number of benzene rings is 2. The first-order valence-corrected chi connectivity index (χ1v) is 16.8. The molecule has 1 fully saturated rings. The molecule has 0 spiro atoms. The standard InChI is InChI=1S/C32H45N5O6S/c1-20(2)16-22-17-25(29(42-7)26(18-22)35-44(8,40)41)34-30(38)27-19-23-10-9-11-24(28(23)33-27)21(3)36-12-14-37(15-13-36)31(39)43-32(4,5)6/h9-11,17-21,33,35H,12-16H2,1-8H3,(H,34,38). The Hall–Kier alpha value is -3.77. The Morgan fingerprint density at radius 2 is 1.68 bits per heavy atom. The number of ether oxygens (including phenoxy) is 2. The summed E-state index contributed by atoms with van der Waals surface area (Å²) in [5.74, 6) is 0.163. The van der Waals surface area contributed by atoms with Crippen LogP contribution in [0.1, 0.15) is 69.2 Å². The number of aromatic nitrogens is 1. The zero-order valence-corrected chi connectivity index (χ0v) is 27.7. The fourth-order valence-electron chi connectivity index (χ4n) is 5.52. The van der Waals surface area contributed by atoms with Crippen molar-refractivity contribution in [1.29, 1.82) is 0 Å². The maximum Gasteiger partial charge on any atom is 0.410 e. The van der Waals surface area contributed by atoms with Gasteiger partial charge in [-0.15, -0.1) is 0 Å². The van der Waals surface area contributed by atoms with Crippen LogP contribution >= 0.6 is 0 Å². The molecule has 3 N–H and O–H groups in total. The number of para-hydroxylation sites is 1. The molecule has 0 aliphatic carbocycles. The predicted octanol–water partition coefficient (Wildman–Crippen LogP) is 5.61. The number of nitrogens with zero attached hydrogens (tertiary/aromatic N) is 2. The minimum atomic E-state index is -3.59. The molecule has 1 aliphatic rings. The van der Waals surface area contributed by atoms with E-state index in [9.17, 15) is 18.0 Å². The van der Waals surface area contributed by atoms with Gasteiger partial charge >= 0.3 is 6.09 Å². The molecule has 3 aromatic rings. The Balaban J connectivity index is 1.56. The lowest BCUT2D eigenvalue weighted by atomic mass is 10.0. The van der Waals surface area contributed by atoms with Crippen LogP contribution in [0.2, 0.25) is 0 Å². The van der Waals surface area contributed by atoms with Crippen LogP contribution in [0.3, 0.4) is 0 Å². The summed E-state index contributed by atoms with van der Waals surface area (Å²) >= 11 is 0. The van der Waals surface area contributed by atoms with Crippen LogP contribution in [-0.4, -0.2) is 80.3 Å². The molecule has 4 rings (SSSR count). The second-order valence-corrected chi connectivity index (χ2v) is 14.6. The summed E-state index contributed by atoms with van der Waals surface area (Å²) in [5, 5.41) is 3.83. The van der Waals surface area contributed by atoms with Gasteiger partial charge in [0, 0.05) is 37.6 Å². The second kappa shape index (κ2) is 13.1. The summed E-state index contributed by atoms with van der Waals surface area (Å²) in [6.07, 6.45) is 1.46. The minimum absolute atomic E-state index is 0.0338. The number of hydrogen-bond acceptors (Lipinski definition) is 7. The molecule has 2 amide bonds. The lowest BCUT2D eigenvalue weighted by Crippen LogP contribution is -2.50. The van der Waals surface area contributed by atoms with Crippen molar-refractivity contribution >= 4 is 44.3 Å². The van der Waals surface area contributed by atoms with Gasteiger partial charge < -0.3 is 24.7 Å². The van der Waals surface area contributed by atoms with Crippen LogP contribution in [-0.2, 0) is 21.2 Å². The maximum atomic E-state index is 13.6. The SMILES string of the molecule is COc1c(NC(=O)c2cc3cccc(C(C)N4CCN(C(=O)OC(C)(C)C)CC4)c3[nH]2)cc(CC(C)C)cc1NS(C)(=O)=O. The summed E-state index contributed by atoms with van der Waals surface area (Å²) < 4.78 is 37.7. The number of nitrogens with one attached hydrogen (secondary N) is 3. The lowest BCUT2D eigenvalue weighted by Gasteiger charge is -2.38. The van der Waals surface area contributed by atoms with Crippen LogP contribution in [0.4, 0.5) is 16.2 Å². The molecule has 2 heterocycles. The van der Waals surface area contributed by atoms with Crippen molar-refractivity contribution in [1.82, 2.24) is 14.8 Å². The number of hydrogen-bond donors (Lipinski definition) is 3. The summed E-state index contributed by atoms with van der Waals surface area (Å²) in [7, 11) is -2.15. The minimum Gasteiger partial charge on any atom is -0.492 e. The third-order valence-electron chi connectivity index (χ3n) is 7.44. The lowest BCUT2D eigenvalue weighted by molar-refractivity contribution is 0.0111. The number of amides is 2. The number of carbonyl (C=O) groups excluding carboxylic acids is 2. The highest BCUT2D eigenvalue weighted by molar-refractivity contribution is 7.92. The molecule has 2 aromatic carbocycles. The van der Waals surface area contributed by atoms with Crippen molar-refractivity contribution in [3.05, 3.63) is 53.2 Å². The van der Waals surface area contributed by atoms with Crippen LogP contribution < -0.4 is 14.8 Å². The number of aromatic amines is 1. The molecule has 1 unspecified atom stereocenters. The highest BCUT2D eigenvalue weighted by Crippen LogP contribution is 2.37. The maximum absolute atomic E-state index is 13.6. The van der Waals surface area contributed by atoms with Crippen LogP contribution in [0.25, 0.3) is 10.9 Å².